The summed E-state index contributed by atoms with van der Waals surface area (Å²) >= 11 is 0. The zero-order chi connectivity index (χ0) is 27.0. The van der Waals surface area contributed by atoms with Crippen molar-refractivity contribution in [2.24, 2.45) is 0 Å². The minimum Gasteiger partial charge on any atom is -0.491 e. The molecule has 0 unspecified atom stereocenters. The number of aliphatic hydroxyl groups is 3. The van der Waals surface area contributed by atoms with E-state index in [1.165, 1.54) is 6.42 Å². The number of amides is 1. The Morgan fingerprint density at radius 3 is 2.55 bits per heavy atom. The minimum absolute atomic E-state index is 0.129. The van der Waals surface area contributed by atoms with Gasteiger partial charge in [-0.2, -0.15) is 0 Å². The van der Waals surface area contributed by atoms with Crippen LogP contribution in [0, 0.1) is 0 Å². The maximum Gasteiger partial charge on any atom is 0.412 e. The van der Waals surface area contributed by atoms with Crippen molar-refractivity contribution in [1.82, 2.24) is 5.32 Å². The second-order valence-corrected chi connectivity index (χ2v) is 10.6. The number of benzene rings is 2. The van der Waals surface area contributed by atoms with Gasteiger partial charge in [-0.15, -0.1) is 0 Å². The molecule has 5 rings (SSSR count). The predicted octanol–water partition coefficient (Wildman–Crippen LogP) is 3.82. The number of ether oxygens (including phenoxy) is 2. The molecule has 202 valence electrons. The van der Waals surface area contributed by atoms with Gasteiger partial charge in [-0.3, -0.25) is 4.79 Å². The first-order valence-electron chi connectivity index (χ1n) is 13.0. The predicted molar refractivity (Wildman–Crippen MR) is 139 cm³/mol. The maximum absolute atomic E-state index is 13.6. The van der Waals surface area contributed by atoms with Gasteiger partial charge in [-0.05, 0) is 62.6 Å². The van der Waals surface area contributed by atoms with E-state index in [2.05, 4.69) is 5.32 Å². The number of hydrogen-bond donors (Lipinski definition) is 4. The third-order valence-corrected chi connectivity index (χ3v) is 7.55. The van der Waals surface area contributed by atoms with Crippen LogP contribution >= 0.6 is 0 Å². The lowest BCUT2D eigenvalue weighted by atomic mass is 9.71. The molecule has 38 heavy (non-hydrogen) atoms. The summed E-state index contributed by atoms with van der Waals surface area (Å²) in [5.41, 5.74) is 1.45. The zero-order valence-corrected chi connectivity index (χ0v) is 21.5. The smallest absolute Gasteiger partial charge is 0.412 e. The molecule has 0 saturated heterocycles. The van der Waals surface area contributed by atoms with Gasteiger partial charge < -0.3 is 34.5 Å². The van der Waals surface area contributed by atoms with E-state index in [1.807, 2.05) is 13.8 Å². The molecule has 1 fully saturated rings. The monoisotopic (exact) mass is 523 g/mol. The molecule has 9 heteroatoms. The average molecular weight is 524 g/mol. The highest BCUT2D eigenvalue weighted by atomic mass is 16.6. The van der Waals surface area contributed by atoms with Gasteiger partial charge in [0.05, 0.1) is 12.2 Å². The molecule has 4 N–H and O–H groups in total. The number of hydrogen-bond acceptors (Lipinski definition) is 8. The van der Waals surface area contributed by atoms with Gasteiger partial charge in [0.2, 0.25) is 0 Å². The zero-order valence-electron chi connectivity index (χ0n) is 21.5. The van der Waals surface area contributed by atoms with Crippen LogP contribution in [-0.2, 0) is 5.41 Å². The normalized spacial score (nSPS) is 18.4. The van der Waals surface area contributed by atoms with Crippen LogP contribution in [0.5, 0.6) is 11.5 Å². The molecular weight excluding hydrogens is 490 g/mol. The molecule has 1 aromatic heterocycles. The number of nitrogens with one attached hydrogen (secondary N) is 1. The summed E-state index contributed by atoms with van der Waals surface area (Å²) in [7, 11) is 0. The molecule has 1 saturated carbocycles. The molecule has 3 aromatic rings. The van der Waals surface area contributed by atoms with E-state index in [9.17, 15) is 19.8 Å². The summed E-state index contributed by atoms with van der Waals surface area (Å²) in [5, 5.41) is 32.0. The Morgan fingerprint density at radius 1 is 1.08 bits per heavy atom. The molecular formula is C29H33NO8. The number of furan rings is 1. The van der Waals surface area contributed by atoms with Crippen LogP contribution in [0.1, 0.15) is 73.2 Å². The van der Waals surface area contributed by atoms with E-state index in [-0.39, 0.29) is 18.4 Å². The Kier molecular flexibility index (Phi) is 7.17. The topological polar surface area (TPSA) is 138 Å². The highest BCUT2D eigenvalue weighted by Gasteiger charge is 2.42. The Bertz CT molecular complexity index is 1350. The van der Waals surface area contributed by atoms with Crippen molar-refractivity contribution >= 4 is 22.8 Å². The Balaban J connectivity index is 1.39. The summed E-state index contributed by atoms with van der Waals surface area (Å²) in [6.45, 7) is 3.09. The van der Waals surface area contributed by atoms with Crippen molar-refractivity contribution in [2.45, 2.75) is 69.6 Å². The summed E-state index contributed by atoms with van der Waals surface area (Å²) in [5.74, 6) is 1.06. The van der Waals surface area contributed by atoms with Gasteiger partial charge in [0, 0.05) is 28.5 Å². The van der Waals surface area contributed by atoms with E-state index < -0.39 is 30.3 Å². The molecule has 1 amide bonds. The van der Waals surface area contributed by atoms with Crippen molar-refractivity contribution < 1.29 is 38.8 Å². The van der Waals surface area contributed by atoms with Crippen molar-refractivity contribution in [3.8, 4) is 11.5 Å². The second kappa shape index (κ2) is 10.4. The first-order valence-corrected chi connectivity index (χ1v) is 13.0. The second-order valence-electron chi connectivity index (χ2n) is 10.6. The fourth-order valence-electron chi connectivity index (χ4n) is 5.36. The van der Waals surface area contributed by atoms with Crippen molar-refractivity contribution in [2.75, 3.05) is 13.2 Å². The van der Waals surface area contributed by atoms with Gasteiger partial charge in [0.25, 0.3) is 0 Å². The number of aliphatic hydroxyl groups excluding tert-OH is 3. The van der Waals surface area contributed by atoms with Gasteiger partial charge in [-0.25, -0.2) is 4.79 Å². The Morgan fingerprint density at radius 2 is 1.82 bits per heavy atom. The van der Waals surface area contributed by atoms with Crippen LogP contribution in [0.3, 0.4) is 0 Å². The van der Waals surface area contributed by atoms with Crippen LogP contribution in [0.15, 0.2) is 40.8 Å². The lowest BCUT2D eigenvalue weighted by molar-refractivity contribution is -0.0339. The largest absolute Gasteiger partial charge is 0.491 e. The first kappa shape index (κ1) is 26.2. The van der Waals surface area contributed by atoms with Gasteiger partial charge in [0.15, 0.2) is 5.78 Å². The van der Waals surface area contributed by atoms with E-state index >= 15 is 0 Å². The highest BCUT2D eigenvalue weighted by Crippen LogP contribution is 2.46. The molecule has 0 radical (unpaired) electrons. The van der Waals surface area contributed by atoms with E-state index in [0.717, 1.165) is 25.7 Å². The molecule has 0 bridgehead atoms. The maximum atomic E-state index is 13.6. The number of fused-ring (bicyclic) bond motifs is 4. The molecule has 2 atom stereocenters. The lowest BCUT2D eigenvalue weighted by Gasteiger charge is -2.31. The van der Waals surface area contributed by atoms with Crippen LogP contribution in [-0.4, -0.2) is 58.7 Å². The van der Waals surface area contributed by atoms with E-state index in [0.29, 0.717) is 44.9 Å². The summed E-state index contributed by atoms with van der Waals surface area (Å²) in [6.07, 6.45) is 2.24. The van der Waals surface area contributed by atoms with Crippen LogP contribution < -0.4 is 14.8 Å². The van der Waals surface area contributed by atoms with Gasteiger partial charge in [0.1, 0.15) is 41.7 Å². The molecule has 9 nitrogen and oxygen atoms in total. The van der Waals surface area contributed by atoms with Crippen molar-refractivity contribution in [3.63, 3.8) is 0 Å². The fraction of sp³-hybridized carbons (Fsp3) is 0.448. The van der Waals surface area contributed by atoms with Crippen molar-refractivity contribution in [3.05, 3.63) is 58.8 Å². The quantitative estimate of drug-likeness (QED) is 0.367. The highest BCUT2D eigenvalue weighted by molar-refractivity contribution is 6.19. The number of carbonyl (C=O) groups is 2. The third-order valence-electron chi connectivity index (χ3n) is 7.55. The fourth-order valence-corrected chi connectivity index (χ4v) is 5.36. The molecule has 0 spiro atoms. The summed E-state index contributed by atoms with van der Waals surface area (Å²) < 4.78 is 17.4. The van der Waals surface area contributed by atoms with Crippen LogP contribution in [0.25, 0.3) is 11.0 Å². The number of rotatable bonds is 7. The molecule has 2 aliphatic rings. The standard InChI is InChI=1S/C29H33NO8/c1-29(2)21-12-17(36-15-23(33)22(32)14-31)8-10-19(21)26(34)25-20-11-9-18(13-24(20)38-27(25)29)37-28(35)30-16-6-4-3-5-7-16/h8-13,16,22-23,31-33H,3-7,14-15H2,1-2H3,(H,30,35)/t22-,23-/m1/s1. The Labute approximate surface area is 220 Å². The van der Waals surface area contributed by atoms with Crippen molar-refractivity contribution in [1.29, 1.82) is 0 Å². The molecule has 1 heterocycles. The van der Waals surface area contributed by atoms with Gasteiger partial charge >= 0.3 is 6.09 Å². The average Bonchev–Trinajstić information content (AvgIpc) is 3.30. The van der Waals surface area contributed by atoms with E-state index in [4.69, 9.17) is 19.0 Å². The molecule has 2 aromatic carbocycles. The number of carbonyl (C=O) groups excluding carboxylic acids is 2. The number of ketones is 1. The van der Waals surface area contributed by atoms with E-state index in [1.54, 1.807) is 36.4 Å². The lowest BCUT2D eigenvalue weighted by Crippen LogP contribution is -2.37. The van der Waals surface area contributed by atoms with Gasteiger partial charge in [-0.1, -0.05) is 19.3 Å². The summed E-state index contributed by atoms with van der Waals surface area (Å²) in [4.78, 5) is 26.0. The minimum atomic E-state index is -1.31. The van der Waals surface area contributed by atoms with Crippen LogP contribution in [0.2, 0.25) is 0 Å². The molecule has 2 aliphatic carbocycles. The third kappa shape index (κ3) is 4.89. The summed E-state index contributed by atoms with van der Waals surface area (Å²) in [6, 6.07) is 10.2. The SMILES string of the molecule is CC1(C)c2cc(OC[C@@H](O)[C@H](O)CO)ccc2C(=O)c2c1oc1cc(OC(=O)NC3CCCCC3)ccc21. The first-order chi connectivity index (χ1) is 18.2. The molecule has 0 aliphatic heterocycles. The Hall–Kier alpha value is -3.40. The van der Waals surface area contributed by atoms with Crippen LogP contribution in [0.4, 0.5) is 4.79 Å².